The Bertz CT molecular complexity index is 761. The summed E-state index contributed by atoms with van der Waals surface area (Å²) in [6.07, 6.45) is 33.8. The minimum atomic E-state index is -4.51. The van der Waals surface area contributed by atoms with E-state index < -0.39 is 13.9 Å². The first-order valence-corrected chi connectivity index (χ1v) is 22.2. The molecule has 294 valence electrons. The molecule has 0 saturated carbocycles. The molecule has 0 amide bonds. The zero-order valence-corrected chi connectivity index (χ0v) is 34.1. The van der Waals surface area contributed by atoms with Gasteiger partial charge in [0.1, 0.15) is 19.3 Å². The summed E-state index contributed by atoms with van der Waals surface area (Å²) in [5.74, 6) is -0.330. The molecule has 0 aromatic carbocycles. The van der Waals surface area contributed by atoms with Gasteiger partial charge in [-0.05, 0) is 12.8 Å². The van der Waals surface area contributed by atoms with Crippen molar-refractivity contribution in [2.24, 2.45) is 0 Å². The van der Waals surface area contributed by atoms with Gasteiger partial charge in [0.25, 0.3) is 7.82 Å². The molecule has 2 atom stereocenters. The number of phosphoric ester groups is 1. The summed E-state index contributed by atoms with van der Waals surface area (Å²) in [5, 5.41) is 0. The summed E-state index contributed by atoms with van der Waals surface area (Å²) < 4.78 is 34.5. The lowest BCUT2D eigenvalue weighted by Crippen LogP contribution is -2.37. The van der Waals surface area contributed by atoms with E-state index in [2.05, 4.69) is 13.8 Å². The lowest BCUT2D eigenvalue weighted by molar-refractivity contribution is -0.870. The highest BCUT2D eigenvalue weighted by Crippen LogP contribution is 2.38. The molecule has 9 heteroatoms. The third-order valence-electron chi connectivity index (χ3n) is 9.16. The number of rotatable bonds is 39. The Labute approximate surface area is 304 Å². The molecule has 0 aliphatic rings. The number of carbonyl (C=O) groups excluding carboxylic acids is 1. The maximum atomic E-state index is 12.6. The van der Waals surface area contributed by atoms with E-state index in [4.69, 9.17) is 18.5 Å². The van der Waals surface area contributed by atoms with Gasteiger partial charge in [-0.3, -0.25) is 9.36 Å². The van der Waals surface area contributed by atoms with Gasteiger partial charge in [0, 0.05) is 13.0 Å². The summed E-state index contributed by atoms with van der Waals surface area (Å²) >= 11 is 0. The molecular formula is C40H82NO7P. The van der Waals surface area contributed by atoms with E-state index in [1.165, 1.54) is 141 Å². The van der Waals surface area contributed by atoms with Gasteiger partial charge >= 0.3 is 5.97 Å². The second-order valence-corrected chi connectivity index (χ2v) is 16.8. The third-order valence-corrected chi connectivity index (χ3v) is 10.1. The van der Waals surface area contributed by atoms with Gasteiger partial charge in [-0.15, -0.1) is 0 Å². The zero-order valence-electron chi connectivity index (χ0n) is 33.2. The van der Waals surface area contributed by atoms with Crippen LogP contribution in [-0.2, 0) is 27.9 Å². The van der Waals surface area contributed by atoms with Crippen LogP contribution >= 0.6 is 7.82 Å². The quantitative estimate of drug-likeness (QED) is 0.0270. The highest BCUT2D eigenvalue weighted by molar-refractivity contribution is 7.45. The predicted octanol–water partition coefficient (Wildman–Crippen LogP) is 11.1. The van der Waals surface area contributed by atoms with Gasteiger partial charge in [0.2, 0.25) is 0 Å². The molecule has 49 heavy (non-hydrogen) atoms. The van der Waals surface area contributed by atoms with Gasteiger partial charge in [-0.1, -0.05) is 174 Å². The number of hydrogen-bond donors (Lipinski definition) is 0. The van der Waals surface area contributed by atoms with Crippen LogP contribution < -0.4 is 4.89 Å². The van der Waals surface area contributed by atoms with E-state index in [0.29, 0.717) is 24.1 Å². The second-order valence-electron chi connectivity index (χ2n) is 15.4. The Balaban J connectivity index is 4.22. The maximum Gasteiger partial charge on any atom is 0.306 e. The molecule has 0 aliphatic carbocycles. The molecule has 0 bridgehead atoms. The SMILES string of the molecule is CCCCCCCCCCCCCCCCCC(=O)OC(COCCCCCCCCCCCCCC)COP(=O)([O-])OCC[N+](C)(C)C. The average Bonchev–Trinajstić information content (AvgIpc) is 3.04. The molecule has 0 heterocycles. The maximum absolute atomic E-state index is 12.6. The van der Waals surface area contributed by atoms with Gasteiger partial charge in [-0.25, -0.2) is 0 Å². The zero-order chi connectivity index (χ0) is 36.3. The minimum absolute atomic E-state index is 0.0311. The molecule has 0 saturated heterocycles. The molecular weight excluding hydrogens is 637 g/mol. The summed E-state index contributed by atoms with van der Waals surface area (Å²) in [5.41, 5.74) is 0. The standard InChI is InChI=1S/C40H82NO7P/c1-6-8-10-12-14-16-18-20-21-22-23-25-27-29-31-33-40(42)48-39(38-47-49(43,44)46-36-34-41(3,4)5)37-45-35-32-30-28-26-24-19-17-15-13-11-9-7-2/h39H,6-38H2,1-5H3. The third kappa shape index (κ3) is 38.6. The smallest absolute Gasteiger partial charge is 0.306 e. The fraction of sp³-hybridized carbons (Fsp3) is 0.975. The fourth-order valence-electron chi connectivity index (χ4n) is 5.90. The van der Waals surface area contributed by atoms with Crippen LogP contribution in [0, 0.1) is 0 Å². The number of unbranched alkanes of at least 4 members (excludes halogenated alkanes) is 25. The molecule has 0 radical (unpaired) electrons. The van der Waals surface area contributed by atoms with Crippen LogP contribution in [0.4, 0.5) is 0 Å². The van der Waals surface area contributed by atoms with E-state index in [9.17, 15) is 14.3 Å². The van der Waals surface area contributed by atoms with Crippen molar-refractivity contribution in [2.45, 2.75) is 200 Å². The highest BCUT2D eigenvalue weighted by Gasteiger charge is 2.20. The molecule has 0 fully saturated rings. The minimum Gasteiger partial charge on any atom is -0.756 e. The summed E-state index contributed by atoms with van der Waals surface area (Å²) in [4.78, 5) is 25.0. The topological polar surface area (TPSA) is 94.1 Å². The Hall–Kier alpha value is -0.500. The van der Waals surface area contributed by atoms with Crippen LogP contribution in [0.15, 0.2) is 0 Å². The lowest BCUT2D eigenvalue weighted by Gasteiger charge is -2.28. The van der Waals surface area contributed by atoms with Crippen LogP contribution in [0.3, 0.4) is 0 Å². The van der Waals surface area contributed by atoms with E-state index >= 15 is 0 Å². The van der Waals surface area contributed by atoms with Crippen molar-refractivity contribution in [3.8, 4) is 0 Å². The number of nitrogens with zero attached hydrogens (tertiary/aromatic N) is 1. The fourth-order valence-corrected chi connectivity index (χ4v) is 6.63. The predicted molar refractivity (Wildman–Crippen MR) is 204 cm³/mol. The summed E-state index contributed by atoms with van der Waals surface area (Å²) in [6.45, 7) is 5.45. The van der Waals surface area contributed by atoms with Crippen molar-refractivity contribution in [3.63, 3.8) is 0 Å². The van der Waals surface area contributed by atoms with Gasteiger partial charge in [0.05, 0.1) is 34.4 Å². The number of ether oxygens (including phenoxy) is 2. The summed E-state index contributed by atoms with van der Waals surface area (Å²) in [7, 11) is 1.37. The Morgan fingerprint density at radius 1 is 0.551 bits per heavy atom. The Morgan fingerprint density at radius 2 is 0.939 bits per heavy atom. The van der Waals surface area contributed by atoms with Gasteiger partial charge < -0.3 is 27.9 Å². The molecule has 2 unspecified atom stereocenters. The van der Waals surface area contributed by atoms with Crippen molar-refractivity contribution in [2.75, 3.05) is 54.1 Å². The largest absolute Gasteiger partial charge is 0.756 e. The molecule has 0 N–H and O–H groups in total. The second kappa shape index (κ2) is 34.6. The normalized spacial score (nSPS) is 13.8. The molecule has 8 nitrogen and oxygen atoms in total. The Kier molecular flexibility index (Phi) is 34.2. The van der Waals surface area contributed by atoms with Crippen LogP contribution in [0.2, 0.25) is 0 Å². The van der Waals surface area contributed by atoms with E-state index in [1.807, 2.05) is 21.1 Å². The monoisotopic (exact) mass is 720 g/mol. The van der Waals surface area contributed by atoms with Gasteiger partial charge in [0.15, 0.2) is 0 Å². The van der Waals surface area contributed by atoms with Crippen molar-refractivity contribution in [1.29, 1.82) is 0 Å². The first-order chi connectivity index (χ1) is 23.6. The Morgan fingerprint density at radius 3 is 1.35 bits per heavy atom. The molecule has 0 spiro atoms. The van der Waals surface area contributed by atoms with Crippen molar-refractivity contribution in [1.82, 2.24) is 0 Å². The van der Waals surface area contributed by atoms with E-state index in [1.54, 1.807) is 0 Å². The summed E-state index contributed by atoms with van der Waals surface area (Å²) in [6, 6.07) is 0. The molecule has 0 aromatic heterocycles. The van der Waals surface area contributed by atoms with Crippen molar-refractivity contribution >= 4 is 13.8 Å². The number of phosphoric acid groups is 1. The lowest BCUT2D eigenvalue weighted by atomic mass is 10.0. The van der Waals surface area contributed by atoms with Crippen LogP contribution in [-0.4, -0.2) is 70.7 Å². The number of quaternary nitrogens is 1. The van der Waals surface area contributed by atoms with Crippen LogP contribution in [0.1, 0.15) is 194 Å². The van der Waals surface area contributed by atoms with Gasteiger partial charge in [-0.2, -0.15) is 0 Å². The molecule has 0 rings (SSSR count). The number of esters is 1. The number of likely N-dealkylation sites (N-methyl/N-ethyl adjacent to an activating group) is 1. The number of carbonyl (C=O) groups is 1. The van der Waals surface area contributed by atoms with Crippen LogP contribution in [0.25, 0.3) is 0 Å². The average molecular weight is 720 g/mol. The van der Waals surface area contributed by atoms with Crippen LogP contribution in [0.5, 0.6) is 0 Å². The van der Waals surface area contributed by atoms with E-state index in [-0.39, 0.29) is 25.8 Å². The first-order valence-electron chi connectivity index (χ1n) is 20.8. The molecule has 0 aromatic rings. The highest BCUT2D eigenvalue weighted by atomic mass is 31.2. The van der Waals surface area contributed by atoms with Crippen molar-refractivity contribution < 1.29 is 37.3 Å². The van der Waals surface area contributed by atoms with E-state index in [0.717, 1.165) is 32.1 Å². The molecule has 0 aliphatic heterocycles. The van der Waals surface area contributed by atoms with Crippen molar-refractivity contribution in [3.05, 3.63) is 0 Å². The number of hydrogen-bond acceptors (Lipinski definition) is 7. The first kappa shape index (κ1) is 48.5.